The lowest BCUT2D eigenvalue weighted by atomic mass is 9.90. The van der Waals surface area contributed by atoms with Crippen LogP contribution in [0.1, 0.15) is 62.9 Å². The molecule has 1 aliphatic carbocycles. The number of hydrogen-bond acceptors (Lipinski definition) is 8. The van der Waals surface area contributed by atoms with Crippen LogP contribution < -0.4 is 5.32 Å². The van der Waals surface area contributed by atoms with Crippen molar-refractivity contribution in [1.29, 1.82) is 0 Å². The molecular formula is C23H26N6OS3. The topological polar surface area (TPSA) is 85.6 Å². The van der Waals surface area contributed by atoms with Crippen LogP contribution in [0.25, 0.3) is 21.5 Å². The molecule has 0 radical (unpaired) electrons. The van der Waals surface area contributed by atoms with E-state index >= 15 is 0 Å². The zero-order valence-electron chi connectivity index (χ0n) is 18.7. The number of aromatic nitrogens is 5. The van der Waals surface area contributed by atoms with Crippen molar-refractivity contribution in [2.75, 3.05) is 11.1 Å². The van der Waals surface area contributed by atoms with Gasteiger partial charge in [0.15, 0.2) is 11.0 Å². The maximum Gasteiger partial charge on any atom is 0.236 e. The third kappa shape index (κ3) is 4.83. The maximum absolute atomic E-state index is 12.6. The first-order valence-corrected chi connectivity index (χ1v) is 14.0. The van der Waals surface area contributed by atoms with Crippen molar-refractivity contribution >= 4 is 55.6 Å². The largest absolute Gasteiger partial charge is 0.300 e. The molecule has 0 atom stereocenters. The number of fused-ring (bicyclic) bond motifs is 1. The number of thioether (sulfide) groups is 1. The van der Waals surface area contributed by atoms with Gasteiger partial charge in [-0.2, -0.15) is 0 Å². The van der Waals surface area contributed by atoms with Crippen LogP contribution in [0.2, 0.25) is 0 Å². The van der Waals surface area contributed by atoms with E-state index < -0.39 is 0 Å². The van der Waals surface area contributed by atoms with Crippen LogP contribution in [-0.4, -0.2) is 36.6 Å². The smallest absolute Gasteiger partial charge is 0.236 e. The van der Waals surface area contributed by atoms with E-state index in [4.69, 9.17) is 0 Å². The lowest BCUT2D eigenvalue weighted by molar-refractivity contribution is -0.113. The van der Waals surface area contributed by atoms with Gasteiger partial charge in [-0.3, -0.25) is 14.7 Å². The van der Waals surface area contributed by atoms with Crippen molar-refractivity contribution < 1.29 is 4.79 Å². The van der Waals surface area contributed by atoms with Crippen molar-refractivity contribution in [3.63, 3.8) is 0 Å². The first kappa shape index (κ1) is 22.5. The Labute approximate surface area is 205 Å². The molecule has 0 aliphatic heterocycles. The number of amides is 1. The number of carbonyl (C=O) groups is 1. The Hall–Kier alpha value is -2.30. The van der Waals surface area contributed by atoms with Gasteiger partial charge < -0.3 is 0 Å². The van der Waals surface area contributed by atoms with Crippen LogP contribution >= 0.6 is 34.4 Å². The van der Waals surface area contributed by atoms with Crippen LogP contribution in [0.15, 0.2) is 34.8 Å². The molecule has 1 aliphatic rings. The molecule has 7 nitrogen and oxygen atoms in total. The van der Waals surface area contributed by atoms with Crippen molar-refractivity contribution in [2.24, 2.45) is 0 Å². The second kappa shape index (κ2) is 9.90. The van der Waals surface area contributed by atoms with Crippen molar-refractivity contribution in [3.05, 3.63) is 34.7 Å². The summed E-state index contributed by atoms with van der Waals surface area (Å²) in [6.07, 6.45) is 6.15. The zero-order chi connectivity index (χ0) is 22.8. The highest BCUT2D eigenvalue weighted by atomic mass is 32.2. The molecule has 1 saturated carbocycles. The average Bonchev–Trinajstić information content (AvgIpc) is 3.56. The summed E-state index contributed by atoms with van der Waals surface area (Å²) < 4.78 is 3.34. The fourth-order valence-electron chi connectivity index (χ4n) is 4.26. The minimum atomic E-state index is -0.104. The average molecular weight is 499 g/mol. The second-order valence-electron chi connectivity index (χ2n) is 8.53. The highest BCUT2D eigenvalue weighted by Crippen LogP contribution is 2.37. The van der Waals surface area contributed by atoms with Crippen LogP contribution in [0.4, 0.5) is 5.13 Å². The number of hydrogen-bond donors (Lipinski definition) is 1. The molecule has 1 amide bonds. The van der Waals surface area contributed by atoms with Gasteiger partial charge >= 0.3 is 0 Å². The normalized spacial score (nSPS) is 14.9. The van der Waals surface area contributed by atoms with Gasteiger partial charge in [-0.25, -0.2) is 0 Å². The summed E-state index contributed by atoms with van der Waals surface area (Å²) in [4.78, 5) is 12.6. The number of nitrogens with one attached hydrogen (secondary N) is 1. The van der Waals surface area contributed by atoms with Gasteiger partial charge in [-0.05, 0) is 32.8 Å². The van der Waals surface area contributed by atoms with Crippen molar-refractivity contribution in [3.8, 4) is 11.4 Å². The van der Waals surface area contributed by atoms with E-state index in [0.29, 0.717) is 11.0 Å². The number of anilines is 1. The molecule has 1 N–H and O–H groups in total. The lowest BCUT2D eigenvalue weighted by Gasteiger charge is -2.18. The molecule has 0 unspecified atom stereocenters. The molecule has 5 rings (SSSR count). The predicted octanol–water partition coefficient (Wildman–Crippen LogP) is 6.37. The molecule has 3 heterocycles. The van der Waals surface area contributed by atoms with E-state index in [1.165, 1.54) is 65.3 Å². The Kier molecular flexibility index (Phi) is 6.75. The third-order valence-electron chi connectivity index (χ3n) is 5.88. The van der Waals surface area contributed by atoms with Gasteiger partial charge in [-0.15, -0.1) is 31.7 Å². The molecule has 10 heteroatoms. The highest BCUT2D eigenvalue weighted by Gasteiger charge is 2.22. The molecule has 0 bridgehead atoms. The van der Waals surface area contributed by atoms with E-state index in [1.54, 1.807) is 11.3 Å². The summed E-state index contributed by atoms with van der Waals surface area (Å²) in [5, 5.41) is 26.0. The van der Waals surface area contributed by atoms with Crippen LogP contribution in [0.5, 0.6) is 0 Å². The zero-order valence-corrected chi connectivity index (χ0v) is 21.1. The van der Waals surface area contributed by atoms with Crippen LogP contribution in [-0.2, 0) is 4.79 Å². The first-order valence-electron chi connectivity index (χ1n) is 11.3. The van der Waals surface area contributed by atoms with E-state index in [1.807, 2.05) is 12.1 Å². The summed E-state index contributed by atoms with van der Waals surface area (Å²) in [5.41, 5.74) is 1.08. The van der Waals surface area contributed by atoms with Gasteiger partial charge in [0.25, 0.3) is 0 Å². The summed E-state index contributed by atoms with van der Waals surface area (Å²) >= 11 is 4.61. The predicted molar refractivity (Wildman–Crippen MR) is 136 cm³/mol. The minimum Gasteiger partial charge on any atom is -0.300 e. The summed E-state index contributed by atoms with van der Waals surface area (Å²) in [6, 6.07) is 8.49. The molecule has 1 aromatic carbocycles. The van der Waals surface area contributed by atoms with Gasteiger partial charge in [0.1, 0.15) is 5.01 Å². The molecule has 1 fully saturated rings. The summed E-state index contributed by atoms with van der Waals surface area (Å²) in [7, 11) is 0. The third-order valence-corrected chi connectivity index (χ3v) is 8.78. The van der Waals surface area contributed by atoms with Crippen molar-refractivity contribution in [1.82, 2.24) is 25.0 Å². The number of carbonyl (C=O) groups excluding carboxylic acids is 1. The molecule has 3 aromatic heterocycles. The van der Waals surface area contributed by atoms with Crippen LogP contribution in [0.3, 0.4) is 0 Å². The maximum atomic E-state index is 12.6. The quantitative estimate of drug-likeness (QED) is 0.298. The number of rotatable bonds is 7. The van der Waals surface area contributed by atoms with Gasteiger partial charge in [0.05, 0.1) is 5.75 Å². The Morgan fingerprint density at radius 3 is 2.79 bits per heavy atom. The second-order valence-corrected chi connectivity index (χ2v) is 11.4. The first-order chi connectivity index (χ1) is 16.1. The van der Waals surface area contributed by atoms with E-state index in [2.05, 4.69) is 61.6 Å². The Morgan fingerprint density at radius 1 is 1.15 bits per heavy atom. The fraction of sp³-hybridized carbons (Fsp3) is 0.435. The van der Waals surface area contributed by atoms with Gasteiger partial charge in [0, 0.05) is 33.0 Å². The number of benzene rings is 1. The van der Waals surface area contributed by atoms with Gasteiger partial charge in [0.2, 0.25) is 11.0 Å². The van der Waals surface area contributed by atoms with Crippen LogP contribution in [0, 0.1) is 0 Å². The van der Waals surface area contributed by atoms with E-state index in [-0.39, 0.29) is 17.7 Å². The molecule has 172 valence electrons. The minimum absolute atomic E-state index is 0.104. The molecule has 0 spiro atoms. The van der Waals surface area contributed by atoms with E-state index in [0.717, 1.165) is 21.6 Å². The monoisotopic (exact) mass is 498 g/mol. The Bertz CT molecular complexity index is 1250. The summed E-state index contributed by atoms with van der Waals surface area (Å²) in [5.74, 6) is 1.47. The standard InChI is InChI=1S/C23H26N6OS3/c1-14(2)29-20(17-12-31-18-11-7-6-10-16(17)18)25-28-23(29)32-13-19(30)24-22-27-26-21(33-22)15-8-4-3-5-9-15/h6-7,10-12,14-15H,3-5,8-9,13H2,1-2H3,(H,24,27,30). The SMILES string of the molecule is CC(C)n1c(SCC(=O)Nc2nnc(C3CCCCC3)s2)nnc1-c1csc2ccccc12. The molecule has 4 aromatic rings. The molecule has 0 saturated heterocycles. The van der Waals surface area contributed by atoms with Crippen molar-refractivity contribution in [2.45, 2.75) is 63.1 Å². The molecular weight excluding hydrogens is 472 g/mol. The molecule has 33 heavy (non-hydrogen) atoms. The Morgan fingerprint density at radius 2 is 1.97 bits per heavy atom. The Balaban J connectivity index is 1.27. The number of thiophene rings is 1. The van der Waals surface area contributed by atoms with E-state index in [9.17, 15) is 4.79 Å². The number of nitrogens with zero attached hydrogens (tertiary/aromatic N) is 5. The fourth-order valence-corrected chi connectivity index (χ4v) is 7.00. The highest BCUT2D eigenvalue weighted by molar-refractivity contribution is 7.99. The summed E-state index contributed by atoms with van der Waals surface area (Å²) in [6.45, 7) is 4.22. The lowest BCUT2D eigenvalue weighted by Crippen LogP contribution is -2.15. The van der Waals surface area contributed by atoms with Gasteiger partial charge in [-0.1, -0.05) is 60.6 Å².